The van der Waals surface area contributed by atoms with Crippen molar-refractivity contribution in [2.75, 3.05) is 31.2 Å². The van der Waals surface area contributed by atoms with E-state index in [9.17, 15) is 0 Å². The van der Waals surface area contributed by atoms with Gasteiger partial charge in [-0.15, -0.1) is 10.2 Å². The molecule has 0 radical (unpaired) electrons. The molecule has 15 heavy (non-hydrogen) atoms. The van der Waals surface area contributed by atoms with Crippen molar-refractivity contribution in [1.82, 2.24) is 10.2 Å². The van der Waals surface area contributed by atoms with E-state index >= 15 is 0 Å². The zero-order valence-corrected chi connectivity index (χ0v) is 10.3. The number of rotatable bonds is 1. The van der Waals surface area contributed by atoms with Crippen LogP contribution in [-0.2, 0) is 10.2 Å². The van der Waals surface area contributed by atoms with E-state index in [0.717, 1.165) is 36.4 Å². The first-order valence-electron chi connectivity index (χ1n) is 5.24. The topological polar surface area (TPSA) is 38.2 Å². The third kappa shape index (κ3) is 2.46. The molecule has 0 bridgehead atoms. The van der Waals surface area contributed by atoms with E-state index in [1.165, 1.54) is 0 Å². The second kappa shape index (κ2) is 4.06. The molecule has 0 saturated carbocycles. The minimum atomic E-state index is 0.0994. The smallest absolute Gasteiger partial charge is 0.208 e. The van der Waals surface area contributed by atoms with E-state index in [1.807, 2.05) is 0 Å². The molecular formula is C10H17N3OS. The highest BCUT2D eigenvalue weighted by Crippen LogP contribution is 2.29. The minimum absolute atomic E-state index is 0.0994. The van der Waals surface area contributed by atoms with Gasteiger partial charge in [-0.25, -0.2) is 0 Å². The van der Waals surface area contributed by atoms with Gasteiger partial charge in [0.1, 0.15) is 5.01 Å². The maximum Gasteiger partial charge on any atom is 0.208 e. The molecule has 0 aromatic carbocycles. The molecule has 2 heterocycles. The molecule has 1 aromatic rings. The van der Waals surface area contributed by atoms with Gasteiger partial charge in [-0.05, 0) is 0 Å². The predicted molar refractivity (Wildman–Crippen MR) is 61.6 cm³/mol. The van der Waals surface area contributed by atoms with Crippen LogP contribution in [0.15, 0.2) is 0 Å². The highest BCUT2D eigenvalue weighted by molar-refractivity contribution is 7.15. The van der Waals surface area contributed by atoms with Crippen LogP contribution in [-0.4, -0.2) is 36.5 Å². The largest absolute Gasteiger partial charge is 0.378 e. The molecule has 5 heteroatoms. The molecule has 1 saturated heterocycles. The molecule has 0 unspecified atom stereocenters. The number of aromatic nitrogens is 2. The van der Waals surface area contributed by atoms with Crippen molar-refractivity contribution < 1.29 is 4.74 Å². The second-order valence-electron chi connectivity index (χ2n) is 4.74. The first-order chi connectivity index (χ1) is 7.07. The van der Waals surface area contributed by atoms with E-state index in [0.29, 0.717) is 0 Å². The summed E-state index contributed by atoms with van der Waals surface area (Å²) in [7, 11) is 0. The summed E-state index contributed by atoms with van der Waals surface area (Å²) in [6, 6.07) is 0. The van der Waals surface area contributed by atoms with Gasteiger partial charge >= 0.3 is 0 Å². The summed E-state index contributed by atoms with van der Waals surface area (Å²) in [5.41, 5.74) is 0.0994. The van der Waals surface area contributed by atoms with E-state index in [1.54, 1.807) is 11.3 Å². The summed E-state index contributed by atoms with van der Waals surface area (Å²) in [5.74, 6) is 0. The van der Waals surface area contributed by atoms with E-state index in [4.69, 9.17) is 4.74 Å². The number of anilines is 1. The van der Waals surface area contributed by atoms with Gasteiger partial charge in [0.25, 0.3) is 0 Å². The normalized spacial score (nSPS) is 18.2. The summed E-state index contributed by atoms with van der Waals surface area (Å²) >= 11 is 1.69. The Labute approximate surface area is 94.3 Å². The van der Waals surface area contributed by atoms with Crippen LogP contribution in [0.1, 0.15) is 25.8 Å². The number of nitrogens with zero attached hydrogens (tertiary/aromatic N) is 3. The molecule has 0 amide bonds. The van der Waals surface area contributed by atoms with Crippen molar-refractivity contribution in [3.8, 4) is 0 Å². The average Bonchev–Trinajstić information content (AvgIpc) is 2.67. The van der Waals surface area contributed by atoms with Crippen LogP contribution in [0, 0.1) is 0 Å². The number of ether oxygens (including phenoxy) is 1. The van der Waals surface area contributed by atoms with Gasteiger partial charge in [0.15, 0.2) is 0 Å². The third-order valence-electron chi connectivity index (χ3n) is 2.34. The molecule has 0 aliphatic carbocycles. The molecule has 0 spiro atoms. The van der Waals surface area contributed by atoms with Gasteiger partial charge in [0, 0.05) is 18.5 Å². The van der Waals surface area contributed by atoms with Gasteiger partial charge in [0.05, 0.1) is 13.2 Å². The van der Waals surface area contributed by atoms with Crippen molar-refractivity contribution in [3.05, 3.63) is 5.01 Å². The number of hydrogen-bond acceptors (Lipinski definition) is 5. The van der Waals surface area contributed by atoms with Gasteiger partial charge in [-0.1, -0.05) is 32.1 Å². The molecular weight excluding hydrogens is 210 g/mol. The van der Waals surface area contributed by atoms with Crippen LogP contribution >= 0.6 is 11.3 Å². The summed E-state index contributed by atoms with van der Waals surface area (Å²) < 4.78 is 5.31. The summed E-state index contributed by atoms with van der Waals surface area (Å²) in [6.45, 7) is 9.94. The Morgan fingerprint density at radius 2 is 1.87 bits per heavy atom. The van der Waals surface area contributed by atoms with E-state index < -0.39 is 0 Å². The van der Waals surface area contributed by atoms with Crippen molar-refractivity contribution in [2.45, 2.75) is 26.2 Å². The third-order valence-corrected chi connectivity index (χ3v) is 3.75. The van der Waals surface area contributed by atoms with Crippen LogP contribution in [0.25, 0.3) is 0 Å². The molecule has 4 nitrogen and oxygen atoms in total. The molecule has 1 aliphatic heterocycles. The minimum Gasteiger partial charge on any atom is -0.378 e. The van der Waals surface area contributed by atoms with Gasteiger partial charge in [-0.2, -0.15) is 0 Å². The standard InChI is InChI=1S/C10H17N3OS/c1-10(2,3)8-11-12-9(15-8)13-4-6-14-7-5-13/h4-7H2,1-3H3. The van der Waals surface area contributed by atoms with Crippen molar-refractivity contribution in [2.24, 2.45) is 0 Å². The number of hydrogen-bond donors (Lipinski definition) is 0. The Morgan fingerprint density at radius 1 is 1.20 bits per heavy atom. The summed E-state index contributed by atoms with van der Waals surface area (Å²) in [6.07, 6.45) is 0. The lowest BCUT2D eigenvalue weighted by Crippen LogP contribution is -2.36. The Balaban J connectivity index is 2.12. The fraction of sp³-hybridized carbons (Fsp3) is 0.800. The van der Waals surface area contributed by atoms with E-state index in [-0.39, 0.29) is 5.41 Å². The monoisotopic (exact) mass is 227 g/mol. The van der Waals surface area contributed by atoms with Gasteiger partial charge < -0.3 is 9.64 Å². The quantitative estimate of drug-likeness (QED) is 0.731. The van der Waals surface area contributed by atoms with Crippen LogP contribution < -0.4 is 4.90 Å². The lowest BCUT2D eigenvalue weighted by molar-refractivity contribution is 0.122. The van der Waals surface area contributed by atoms with E-state index in [2.05, 4.69) is 35.9 Å². The highest BCUT2D eigenvalue weighted by atomic mass is 32.1. The Morgan fingerprint density at radius 3 is 2.40 bits per heavy atom. The Hall–Kier alpha value is -0.680. The average molecular weight is 227 g/mol. The van der Waals surface area contributed by atoms with Gasteiger partial charge in [-0.3, -0.25) is 0 Å². The van der Waals surface area contributed by atoms with Crippen LogP contribution in [0.3, 0.4) is 0 Å². The Kier molecular flexibility index (Phi) is 2.93. The first kappa shape index (κ1) is 10.8. The lowest BCUT2D eigenvalue weighted by atomic mass is 9.98. The zero-order valence-electron chi connectivity index (χ0n) is 9.49. The van der Waals surface area contributed by atoms with Gasteiger partial charge in [0.2, 0.25) is 5.13 Å². The lowest BCUT2D eigenvalue weighted by Gasteiger charge is -2.25. The maximum atomic E-state index is 5.31. The van der Waals surface area contributed by atoms with Crippen LogP contribution in [0.5, 0.6) is 0 Å². The molecule has 0 atom stereocenters. The molecule has 84 valence electrons. The second-order valence-corrected chi connectivity index (χ2v) is 5.70. The highest BCUT2D eigenvalue weighted by Gasteiger charge is 2.22. The summed E-state index contributed by atoms with van der Waals surface area (Å²) in [4.78, 5) is 2.25. The first-order valence-corrected chi connectivity index (χ1v) is 6.06. The van der Waals surface area contributed by atoms with Crippen molar-refractivity contribution >= 4 is 16.5 Å². The fourth-order valence-corrected chi connectivity index (χ4v) is 2.36. The number of morpholine rings is 1. The molecule has 1 aromatic heterocycles. The Bertz CT molecular complexity index is 326. The maximum absolute atomic E-state index is 5.31. The predicted octanol–water partition coefficient (Wildman–Crippen LogP) is 1.67. The molecule has 1 aliphatic rings. The van der Waals surface area contributed by atoms with Crippen molar-refractivity contribution in [1.29, 1.82) is 0 Å². The van der Waals surface area contributed by atoms with Crippen LogP contribution in [0.2, 0.25) is 0 Å². The molecule has 1 fully saturated rings. The summed E-state index contributed by atoms with van der Waals surface area (Å²) in [5, 5.41) is 10.6. The fourth-order valence-electron chi connectivity index (χ4n) is 1.40. The zero-order chi connectivity index (χ0) is 10.9. The SMILES string of the molecule is CC(C)(C)c1nnc(N2CCOCC2)s1. The molecule has 0 N–H and O–H groups in total. The van der Waals surface area contributed by atoms with Crippen LogP contribution in [0.4, 0.5) is 5.13 Å². The molecule has 2 rings (SSSR count). The van der Waals surface area contributed by atoms with Crippen molar-refractivity contribution in [3.63, 3.8) is 0 Å².